The van der Waals surface area contributed by atoms with Crippen LogP contribution in [0.25, 0.3) is 22.3 Å². The SMILES string of the molecule is C1=CC2=c3ccccc3=C(CCC3c4ccccc4-c4ccccc43)C2C=C1.[Ba+2].[Cl-].[Cl-]. The van der Waals surface area contributed by atoms with Gasteiger partial charge >= 0.3 is 48.9 Å². The molecule has 0 nitrogen and oxygen atoms in total. The van der Waals surface area contributed by atoms with Crippen LogP contribution in [0.4, 0.5) is 0 Å². The van der Waals surface area contributed by atoms with Crippen LogP contribution in [-0.4, -0.2) is 48.9 Å². The summed E-state index contributed by atoms with van der Waals surface area (Å²) in [6.07, 6.45) is 11.4. The van der Waals surface area contributed by atoms with E-state index in [4.69, 9.17) is 0 Å². The summed E-state index contributed by atoms with van der Waals surface area (Å²) in [5.74, 6) is 0.952. The Hall–Kier alpha value is -0.969. The Bertz CT molecular complexity index is 1240. The van der Waals surface area contributed by atoms with Crippen molar-refractivity contribution < 1.29 is 24.8 Å². The summed E-state index contributed by atoms with van der Waals surface area (Å²) in [4.78, 5) is 0. The average Bonchev–Trinajstić information content (AvgIpc) is 3.26. The van der Waals surface area contributed by atoms with Crippen molar-refractivity contribution in [1.29, 1.82) is 0 Å². The quantitative estimate of drug-likeness (QED) is 0.356. The van der Waals surface area contributed by atoms with Gasteiger partial charge in [-0.2, -0.15) is 0 Å². The molecule has 6 rings (SSSR count). The Kier molecular flexibility index (Phi) is 8.21. The van der Waals surface area contributed by atoms with Gasteiger partial charge in [0.2, 0.25) is 0 Å². The van der Waals surface area contributed by atoms with Gasteiger partial charge in [-0.15, -0.1) is 0 Å². The van der Waals surface area contributed by atoms with Crippen molar-refractivity contribution in [1.82, 2.24) is 0 Å². The van der Waals surface area contributed by atoms with Crippen LogP contribution >= 0.6 is 0 Å². The van der Waals surface area contributed by atoms with E-state index in [1.807, 2.05) is 0 Å². The second-order valence-corrected chi connectivity index (χ2v) is 8.01. The molecule has 0 aromatic heterocycles. The summed E-state index contributed by atoms with van der Waals surface area (Å²) >= 11 is 0. The molecule has 0 radical (unpaired) electrons. The molecule has 0 amide bonds. The van der Waals surface area contributed by atoms with E-state index in [2.05, 4.69) is 97.1 Å². The van der Waals surface area contributed by atoms with Crippen LogP contribution in [0.5, 0.6) is 0 Å². The van der Waals surface area contributed by atoms with Gasteiger partial charge in [0, 0.05) is 11.8 Å². The van der Waals surface area contributed by atoms with E-state index in [-0.39, 0.29) is 73.7 Å². The van der Waals surface area contributed by atoms with E-state index in [9.17, 15) is 0 Å². The van der Waals surface area contributed by atoms with E-state index < -0.39 is 0 Å². The second-order valence-electron chi connectivity index (χ2n) is 8.01. The Balaban J connectivity index is 0.000000907. The minimum absolute atomic E-state index is 0. The smallest absolute Gasteiger partial charge is 1.00 e. The number of hydrogen-bond acceptors (Lipinski definition) is 0. The van der Waals surface area contributed by atoms with Crippen LogP contribution in [-0.2, 0) is 0 Å². The molecule has 0 spiro atoms. The van der Waals surface area contributed by atoms with Crippen LogP contribution in [0.3, 0.4) is 0 Å². The summed E-state index contributed by atoms with van der Waals surface area (Å²) in [5, 5.41) is 2.88. The first-order valence-corrected chi connectivity index (χ1v) is 10.3. The Morgan fingerprint density at radius 3 is 1.90 bits per heavy atom. The van der Waals surface area contributed by atoms with Gasteiger partial charge in [0.25, 0.3) is 0 Å². The van der Waals surface area contributed by atoms with Crippen molar-refractivity contribution in [2.75, 3.05) is 0 Å². The fraction of sp³-hybridized carbons (Fsp3) is 0.143. The maximum Gasteiger partial charge on any atom is 2.00 e. The molecule has 3 aromatic rings. The predicted octanol–water partition coefficient (Wildman–Crippen LogP) is -1.04. The molecule has 1 atom stereocenters. The van der Waals surface area contributed by atoms with Crippen LogP contribution in [0.2, 0.25) is 0 Å². The van der Waals surface area contributed by atoms with Crippen molar-refractivity contribution in [2.24, 2.45) is 5.92 Å². The third kappa shape index (κ3) is 4.09. The fourth-order valence-corrected chi connectivity index (χ4v) is 5.45. The maximum absolute atomic E-state index is 2.38. The van der Waals surface area contributed by atoms with Gasteiger partial charge < -0.3 is 24.8 Å². The molecule has 1 unspecified atom stereocenters. The summed E-state index contributed by atoms with van der Waals surface area (Å²) in [6, 6.07) is 26.9. The third-order valence-corrected chi connectivity index (χ3v) is 6.65. The predicted molar refractivity (Wildman–Crippen MR) is 123 cm³/mol. The summed E-state index contributed by atoms with van der Waals surface area (Å²) in [7, 11) is 0. The average molecular weight is 567 g/mol. The van der Waals surface area contributed by atoms with Gasteiger partial charge in [0.05, 0.1) is 0 Å². The van der Waals surface area contributed by atoms with E-state index in [1.165, 1.54) is 44.7 Å². The van der Waals surface area contributed by atoms with Crippen molar-refractivity contribution in [3.63, 3.8) is 0 Å². The normalized spacial score (nSPS) is 17.0. The molecule has 0 saturated carbocycles. The van der Waals surface area contributed by atoms with Crippen LogP contribution in [0.15, 0.2) is 97.1 Å². The van der Waals surface area contributed by atoms with E-state index in [0.29, 0.717) is 11.8 Å². The topological polar surface area (TPSA) is 0 Å². The van der Waals surface area contributed by atoms with Crippen LogP contribution < -0.4 is 35.3 Å². The van der Waals surface area contributed by atoms with Gasteiger partial charge in [-0.3, -0.25) is 0 Å². The van der Waals surface area contributed by atoms with Gasteiger partial charge in [-0.1, -0.05) is 103 Å². The van der Waals surface area contributed by atoms with Crippen molar-refractivity contribution in [2.45, 2.75) is 18.8 Å². The van der Waals surface area contributed by atoms with Crippen LogP contribution in [0, 0.1) is 5.92 Å². The Morgan fingerprint density at radius 1 is 0.645 bits per heavy atom. The molecule has 31 heavy (non-hydrogen) atoms. The van der Waals surface area contributed by atoms with Crippen molar-refractivity contribution in [3.05, 3.63) is 119 Å². The Morgan fingerprint density at radius 2 is 1.23 bits per heavy atom. The zero-order chi connectivity index (χ0) is 18.5. The number of hydrogen-bond donors (Lipinski definition) is 0. The molecule has 0 aliphatic heterocycles. The number of fused-ring (bicyclic) bond motifs is 5. The first kappa shape index (κ1) is 24.7. The minimum Gasteiger partial charge on any atom is -1.00 e. The monoisotopic (exact) mass is 566 g/mol. The number of halogens is 2. The molecule has 0 saturated heterocycles. The summed E-state index contributed by atoms with van der Waals surface area (Å²) < 4.78 is 0. The van der Waals surface area contributed by atoms with E-state index in [0.717, 1.165) is 6.42 Å². The molecule has 0 N–H and O–H groups in total. The molecule has 3 aliphatic rings. The van der Waals surface area contributed by atoms with Gasteiger partial charge in [0.15, 0.2) is 0 Å². The molecule has 0 heterocycles. The fourth-order valence-electron chi connectivity index (χ4n) is 5.45. The van der Waals surface area contributed by atoms with Crippen molar-refractivity contribution >= 4 is 60.0 Å². The first-order chi connectivity index (χ1) is 13.9. The molecule has 150 valence electrons. The number of rotatable bonds is 3. The number of allylic oxidation sites excluding steroid dienone is 4. The third-order valence-electron chi connectivity index (χ3n) is 6.65. The van der Waals surface area contributed by atoms with E-state index >= 15 is 0 Å². The first-order valence-electron chi connectivity index (χ1n) is 10.3. The largest absolute Gasteiger partial charge is 2.00 e. The van der Waals surface area contributed by atoms with Crippen molar-refractivity contribution in [3.8, 4) is 11.1 Å². The standard InChI is InChI=1S/C28H22.Ba.2ClH/c1-5-13-23-19(9-1)20-10-2-6-14-24(20)27(23)17-18-28-25-15-7-3-11-21(25)22-12-4-8-16-26(22)28;;;/h1-16,23,28H,17-18H2;;2*1H/q;+2;;/p-2. The summed E-state index contributed by atoms with van der Waals surface area (Å²) in [5.41, 5.74) is 8.91. The minimum atomic E-state index is 0. The molecule has 3 aromatic carbocycles. The van der Waals surface area contributed by atoms with E-state index in [1.54, 1.807) is 5.57 Å². The summed E-state index contributed by atoms with van der Waals surface area (Å²) in [6.45, 7) is 0. The van der Waals surface area contributed by atoms with Crippen LogP contribution in [0.1, 0.15) is 29.9 Å². The Labute approximate surface area is 236 Å². The molecule has 3 heteroatoms. The number of benzene rings is 3. The molecule has 0 bridgehead atoms. The van der Waals surface area contributed by atoms with Gasteiger partial charge in [-0.25, -0.2) is 0 Å². The zero-order valence-electron chi connectivity index (χ0n) is 17.3. The molecular weight excluding hydrogens is 545 g/mol. The van der Waals surface area contributed by atoms with Gasteiger partial charge in [-0.05, 0) is 51.1 Å². The molecule has 0 fully saturated rings. The maximum atomic E-state index is 2.38. The molecule has 3 aliphatic carbocycles. The zero-order valence-corrected chi connectivity index (χ0v) is 23.2. The second kappa shape index (κ2) is 10.3. The molecular formula is C28H22BaCl2. The van der Waals surface area contributed by atoms with Gasteiger partial charge in [0.1, 0.15) is 0 Å².